The summed E-state index contributed by atoms with van der Waals surface area (Å²) < 4.78 is 5.30. The molecule has 0 aliphatic carbocycles. The largest absolute Gasteiger partial charge is 0.338 e. The van der Waals surface area contributed by atoms with Gasteiger partial charge in [0.05, 0.1) is 6.54 Å². The number of likely N-dealkylation sites (tertiary alicyclic amines) is 1. The lowest BCUT2D eigenvalue weighted by Crippen LogP contribution is -2.33. The fraction of sp³-hybridized carbons (Fsp3) is 0.400. The van der Waals surface area contributed by atoms with E-state index in [1.165, 1.54) is 0 Å². The highest BCUT2D eigenvalue weighted by Crippen LogP contribution is 2.19. The van der Waals surface area contributed by atoms with Crippen LogP contribution in [0.5, 0.6) is 0 Å². The molecular formula is C15H17N3O2. The molecule has 2 heterocycles. The molecular weight excluding hydrogens is 254 g/mol. The quantitative estimate of drug-likeness (QED) is 0.797. The number of rotatable bonds is 4. The zero-order valence-electron chi connectivity index (χ0n) is 11.2. The predicted molar refractivity (Wildman–Crippen MR) is 73.8 cm³/mol. The van der Waals surface area contributed by atoms with E-state index >= 15 is 0 Å². The summed E-state index contributed by atoms with van der Waals surface area (Å²) in [5, 5.41) is 4.01. The second kappa shape index (κ2) is 5.96. The van der Waals surface area contributed by atoms with Gasteiger partial charge in [-0.1, -0.05) is 35.5 Å². The number of aldehydes is 1. The first-order chi connectivity index (χ1) is 9.85. The van der Waals surface area contributed by atoms with Gasteiger partial charge in [-0.3, -0.25) is 4.90 Å². The van der Waals surface area contributed by atoms with Crippen molar-refractivity contribution in [3.63, 3.8) is 0 Å². The van der Waals surface area contributed by atoms with Crippen LogP contribution >= 0.6 is 0 Å². The van der Waals surface area contributed by atoms with Gasteiger partial charge in [0, 0.05) is 11.5 Å². The Morgan fingerprint density at radius 2 is 2.00 bits per heavy atom. The van der Waals surface area contributed by atoms with Crippen LogP contribution in [0.1, 0.15) is 18.7 Å². The molecule has 0 N–H and O–H groups in total. The molecule has 1 aliphatic heterocycles. The number of piperidine rings is 1. The van der Waals surface area contributed by atoms with E-state index in [9.17, 15) is 4.79 Å². The summed E-state index contributed by atoms with van der Waals surface area (Å²) in [5.74, 6) is 1.48. The summed E-state index contributed by atoms with van der Waals surface area (Å²) in [6.45, 7) is 2.48. The smallest absolute Gasteiger partial charge is 0.241 e. The topological polar surface area (TPSA) is 59.2 Å². The van der Waals surface area contributed by atoms with Crippen LogP contribution in [0.4, 0.5) is 0 Å². The molecule has 104 valence electrons. The van der Waals surface area contributed by atoms with Crippen LogP contribution in [0.25, 0.3) is 11.4 Å². The first-order valence-corrected chi connectivity index (χ1v) is 6.91. The third-order valence-corrected chi connectivity index (χ3v) is 3.68. The highest BCUT2D eigenvalue weighted by molar-refractivity contribution is 5.54. The lowest BCUT2D eigenvalue weighted by molar-refractivity contribution is -0.112. The van der Waals surface area contributed by atoms with E-state index in [1.54, 1.807) is 0 Å². The molecule has 20 heavy (non-hydrogen) atoms. The third kappa shape index (κ3) is 2.93. The molecule has 2 aromatic rings. The predicted octanol–water partition coefficient (Wildman–Crippen LogP) is 2.15. The van der Waals surface area contributed by atoms with Crippen molar-refractivity contribution < 1.29 is 9.32 Å². The summed E-state index contributed by atoms with van der Waals surface area (Å²) in [7, 11) is 0. The van der Waals surface area contributed by atoms with Crippen LogP contribution in [0.15, 0.2) is 34.9 Å². The van der Waals surface area contributed by atoms with Gasteiger partial charge in [0.15, 0.2) is 0 Å². The number of carbonyl (C=O) groups excluding carboxylic acids is 1. The number of carbonyl (C=O) groups is 1. The minimum absolute atomic E-state index is 0.216. The van der Waals surface area contributed by atoms with Crippen LogP contribution < -0.4 is 0 Å². The monoisotopic (exact) mass is 271 g/mol. The maximum atomic E-state index is 10.7. The van der Waals surface area contributed by atoms with Crippen LogP contribution in [0.2, 0.25) is 0 Å². The highest BCUT2D eigenvalue weighted by atomic mass is 16.5. The molecule has 0 spiro atoms. The second-order valence-electron chi connectivity index (χ2n) is 5.13. The molecule has 1 aromatic carbocycles. The summed E-state index contributed by atoms with van der Waals surface area (Å²) in [4.78, 5) is 17.4. The van der Waals surface area contributed by atoms with Crippen LogP contribution in [0, 0.1) is 5.92 Å². The van der Waals surface area contributed by atoms with Gasteiger partial charge < -0.3 is 9.32 Å². The van der Waals surface area contributed by atoms with Gasteiger partial charge in [0.1, 0.15) is 6.29 Å². The fourth-order valence-corrected chi connectivity index (χ4v) is 2.46. The Morgan fingerprint density at radius 1 is 1.25 bits per heavy atom. The van der Waals surface area contributed by atoms with Crippen molar-refractivity contribution in [1.29, 1.82) is 0 Å². The molecule has 0 radical (unpaired) electrons. The highest BCUT2D eigenvalue weighted by Gasteiger charge is 2.20. The Bertz CT molecular complexity index is 560. The Hall–Kier alpha value is -2.01. The average Bonchev–Trinajstić information content (AvgIpc) is 2.97. The van der Waals surface area contributed by atoms with Crippen molar-refractivity contribution in [2.24, 2.45) is 5.92 Å². The van der Waals surface area contributed by atoms with Gasteiger partial charge in [-0.25, -0.2) is 0 Å². The Morgan fingerprint density at radius 3 is 2.70 bits per heavy atom. The zero-order chi connectivity index (χ0) is 13.8. The molecule has 5 nitrogen and oxygen atoms in total. The van der Waals surface area contributed by atoms with E-state index in [4.69, 9.17) is 4.52 Å². The minimum atomic E-state index is 0.216. The summed E-state index contributed by atoms with van der Waals surface area (Å²) in [6, 6.07) is 9.79. The molecule has 5 heteroatoms. The summed E-state index contributed by atoms with van der Waals surface area (Å²) >= 11 is 0. The normalized spacial score (nSPS) is 17.2. The van der Waals surface area contributed by atoms with E-state index in [-0.39, 0.29) is 5.92 Å². The fourth-order valence-electron chi connectivity index (χ4n) is 2.46. The van der Waals surface area contributed by atoms with E-state index in [2.05, 4.69) is 15.0 Å². The molecule has 3 rings (SSSR count). The van der Waals surface area contributed by atoms with Crippen molar-refractivity contribution in [2.45, 2.75) is 19.4 Å². The molecule has 0 bridgehead atoms. The number of nitrogens with zero attached hydrogens (tertiary/aromatic N) is 3. The van der Waals surface area contributed by atoms with Crippen LogP contribution in [0.3, 0.4) is 0 Å². The third-order valence-electron chi connectivity index (χ3n) is 3.68. The molecule has 1 saturated heterocycles. The number of aromatic nitrogens is 2. The van der Waals surface area contributed by atoms with Gasteiger partial charge in [0.2, 0.25) is 11.7 Å². The lowest BCUT2D eigenvalue weighted by atomic mass is 9.99. The Kier molecular flexibility index (Phi) is 3.87. The zero-order valence-corrected chi connectivity index (χ0v) is 11.2. The minimum Gasteiger partial charge on any atom is -0.338 e. The molecule has 1 aromatic heterocycles. The molecule has 0 unspecified atom stereocenters. The maximum absolute atomic E-state index is 10.7. The Labute approximate surface area is 117 Å². The van der Waals surface area contributed by atoms with Crippen LogP contribution in [-0.2, 0) is 11.3 Å². The standard InChI is InChI=1S/C15H17N3O2/c19-11-12-6-8-18(9-7-12)10-14-16-15(17-20-14)13-4-2-1-3-5-13/h1-5,11-12H,6-10H2. The molecule has 0 amide bonds. The number of hydrogen-bond donors (Lipinski definition) is 0. The van der Waals surface area contributed by atoms with Gasteiger partial charge in [0.25, 0.3) is 0 Å². The van der Waals surface area contributed by atoms with Gasteiger partial charge in [-0.15, -0.1) is 0 Å². The molecule has 0 atom stereocenters. The van der Waals surface area contributed by atoms with Gasteiger partial charge in [-0.05, 0) is 25.9 Å². The maximum Gasteiger partial charge on any atom is 0.241 e. The molecule has 1 aliphatic rings. The van der Waals surface area contributed by atoms with Crippen molar-refractivity contribution >= 4 is 6.29 Å². The van der Waals surface area contributed by atoms with E-state index in [0.717, 1.165) is 37.8 Å². The number of benzene rings is 1. The number of hydrogen-bond acceptors (Lipinski definition) is 5. The van der Waals surface area contributed by atoms with Gasteiger partial charge >= 0.3 is 0 Å². The SMILES string of the molecule is O=CC1CCN(Cc2nc(-c3ccccc3)no2)CC1. The lowest BCUT2D eigenvalue weighted by Gasteiger charge is -2.27. The van der Waals surface area contributed by atoms with E-state index in [0.29, 0.717) is 18.3 Å². The van der Waals surface area contributed by atoms with Crippen molar-refractivity contribution in [3.05, 3.63) is 36.2 Å². The van der Waals surface area contributed by atoms with Crippen molar-refractivity contribution in [1.82, 2.24) is 15.0 Å². The van der Waals surface area contributed by atoms with E-state index < -0.39 is 0 Å². The van der Waals surface area contributed by atoms with Gasteiger partial charge in [-0.2, -0.15) is 4.98 Å². The molecule has 1 fully saturated rings. The first-order valence-electron chi connectivity index (χ1n) is 6.91. The van der Waals surface area contributed by atoms with Crippen LogP contribution in [-0.4, -0.2) is 34.4 Å². The Balaban J connectivity index is 1.62. The van der Waals surface area contributed by atoms with Crippen molar-refractivity contribution in [2.75, 3.05) is 13.1 Å². The van der Waals surface area contributed by atoms with E-state index in [1.807, 2.05) is 30.3 Å². The summed E-state index contributed by atoms with van der Waals surface area (Å²) in [6.07, 6.45) is 2.91. The average molecular weight is 271 g/mol. The second-order valence-corrected chi connectivity index (χ2v) is 5.13. The first kappa shape index (κ1) is 13.0. The summed E-state index contributed by atoms with van der Waals surface area (Å²) in [5.41, 5.74) is 0.960. The molecule has 0 saturated carbocycles. The van der Waals surface area contributed by atoms with Crippen molar-refractivity contribution in [3.8, 4) is 11.4 Å².